The number of rotatable bonds is 4. The number of methoxy groups -OCH3 is 1. The number of aromatic nitrogens is 1. The van der Waals surface area contributed by atoms with Gasteiger partial charge in [0, 0.05) is 12.3 Å². The molecule has 0 fully saturated rings. The van der Waals surface area contributed by atoms with Gasteiger partial charge in [0.15, 0.2) is 11.5 Å². The number of benzene rings is 1. The number of nitro groups is 1. The lowest BCUT2D eigenvalue weighted by Crippen LogP contribution is -1.97. The first-order chi connectivity index (χ1) is 10.1. The van der Waals surface area contributed by atoms with E-state index < -0.39 is 4.92 Å². The molecule has 0 aliphatic heterocycles. The average Bonchev–Trinajstić information content (AvgIpc) is 2.47. The molecule has 0 amide bonds. The molecule has 1 aromatic carbocycles. The van der Waals surface area contributed by atoms with Crippen LogP contribution in [0.3, 0.4) is 0 Å². The van der Waals surface area contributed by atoms with Crippen molar-refractivity contribution in [3.05, 3.63) is 51.7 Å². The third kappa shape index (κ3) is 2.90. The number of pyridine rings is 1. The van der Waals surface area contributed by atoms with Crippen molar-refractivity contribution in [1.29, 1.82) is 5.26 Å². The Bertz CT molecular complexity index is 737. The summed E-state index contributed by atoms with van der Waals surface area (Å²) in [6.45, 7) is 1.75. The number of hydrogen-bond donors (Lipinski definition) is 0. The summed E-state index contributed by atoms with van der Waals surface area (Å²) in [6.07, 6.45) is 1.50. The van der Waals surface area contributed by atoms with Crippen molar-refractivity contribution in [2.75, 3.05) is 7.11 Å². The molecule has 0 aliphatic carbocycles. The molecule has 7 nitrogen and oxygen atoms in total. The van der Waals surface area contributed by atoms with Gasteiger partial charge >= 0.3 is 0 Å². The van der Waals surface area contributed by atoms with E-state index in [9.17, 15) is 10.1 Å². The quantitative estimate of drug-likeness (QED) is 0.632. The van der Waals surface area contributed by atoms with Crippen LogP contribution < -0.4 is 9.47 Å². The Kier molecular flexibility index (Phi) is 4.00. The molecule has 21 heavy (non-hydrogen) atoms. The van der Waals surface area contributed by atoms with E-state index in [0.717, 1.165) is 0 Å². The van der Waals surface area contributed by atoms with Crippen molar-refractivity contribution < 1.29 is 14.4 Å². The van der Waals surface area contributed by atoms with E-state index in [0.29, 0.717) is 11.3 Å². The average molecular weight is 285 g/mol. The predicted octanol–water partition coefficient (Wildman–Crippen LogP) is 2.97. The Morgan fingerprint density at radius 3 is 2.71 bits per heavy atom. The zero-order valence-corrected chi connectivity index (χ0v) is 11.4. The Morgan fingerprint density at radius 1 is 1.33 bits per heavy atom. The molecule has 0 saturated heterocycles. The van der Waals surface area contributed by atoms with Crippen molar-refractivity contribution in [2.24, 2.45) is 0 Å². The molecule has 0 N–H and O–H groups in total. The molecule has 2 aromatic rings. The summed E-state index contributed by atoms with van der Waals surface area (Å²) < 4.78 is 10.6. The zero-order chi connectivity index (χ0) is 15.4. The molecule has 0 saturated carbocycles. The van der Waals surface area contributed by atoms with Gasteiger partial charge < -0.3 is 9.47 Å². The van der Waals surface area contributed by atoms with Gasteiger partial charge in [-0.15, -0.1) is 0 Å². The van der Waals surface area contributed by atoms with Gasteiger partial charge in [-0.25, -0.2) is 4.98 Å². The minimum Gasteiger partial charge on any atom is -0.493 e. The first-order valence-electron chi connectivity index (χ1n) is 5.92. The van der Waals surface area contributed by atoms with Crippen molar-refractivity contribution >= 4 is 5.69 Å². The third-order valence-corrected chi connectivity index (χ3v) is 2.80. The summed E-state index contributed by atoms with van der Waals surface area (Å²) >= 11 is 0. The lowest BCUT2D eigenvalue weighted by molar-refractivity contribution is -0.384. The highest BCUT2D eigenvalue weighted by molar-refractivity contribution is 5.52. The minimum atomic E-state index is -0.540. The molecule has 7 heteroatoms. The van der Waals surface area contributed by atoms with Crippen LogP contribution in [-0.2, 0) is 0 Å². The van der Waals surface area contributed by atoms with E-state index in [1.165, 1.54) is 31.5 Å². The van der Waals surface area contributed by atoms with Crippen LogP contribution >= 0.6 is 0 Å². The second-order valence-electron chi connectivity index (χ2n) is 4.11. The van der Waals surface area contributed by atoms with Crippen LogP contribution in [0.15, 0.2) is 30.5 Å². The second-order valence-corrected chi connectivity index (χ2v) is 4.11. The monoisotopic (exact) mass is 285 g/mol. The van der Waals surface area contributed by atoms with Crippen LogP contribution in [0.1, 0.15) is 11.1 Å². The van der Waals surface area contributed by atoms with Crippen molar-refractivity contribution in [2.45, 2.75) is 6.92 Å². The molecular formula is C14H11N3O4. The van der Waals surface area contributed by atoms with Gasteiger partial charge in [-0.2, -0.15) is 5.26 Å². The summed E-state index contributed by atoms with van der Waals surface area (Å²) in [4.78, 5) is 14.3. The summed E-state index contributed by atoms with van der Waals surface area (Å²) in [5.41, 5.74) is 0.829. The van der Waals surface area contributed by atoms with Gasteiger partial charge in [0.05, 0.1) is 18.1 Å². The highest BCUT2D eigenvalue weighted by Gasteiger charge is 2.16. The van der Waals surface area contributed by atoms with E-state index in [4.69, 9.17) is 14.7 Å². The molecule has 1 heterocycles. The van der Waals surface area contributed by atoms with E-state index in [2.05, 4.69) is 4.98 Å². The Labute approximate surface area is 120 Å². The molecule has 0 bridgehead atoms. The van der Waals surface area contributed by atoms with E-state index in [1.807, 2.05) is 6.07 Å². The number of ether oxygens (including phenoxy) is 2. The summed E-state index contributed by atoms with van der Waals surface area (Å²) in [7, 11) is 1.42. The molecular weight excluding hydrogens is 274 g/mol. The van der Waals surface area contributed by atoms with Gasteiger partial charge in [0.25, 0.3) is 5.69 Å². The van der Waals surface area contributed by atoms with Crippen LogP contribution in [0.4, 0.5) is 5.69 Å². The molecule has 106 valence electrons. The fourth-order valence-electron chi connectivity index (χ4n) is 1.71. The number of nitro benzene ring substituents is 1. The zero-order valence-electron chi connectivity index (χ0n) is 11.4. The van der Waals surface area contributed by atoms with Crippen LogP contribution in [0.25, 0.3) is 0 Å². The number of nitrogens with zero attached hydrogens (tertiary/aromatic N) is 3. The Hall–Kier alpha value is -3.14. The molecule has 0 unspecified atom stereocenters. The van der Waals surface area contributed by atoms with Crippen molar-refractivity contribution in [3.63, 3.8) is 0 Å². The maximum Gasteiger partial charge on any atom is 0.273 e. The van der Waals surface area contributed by atoms with E-state index in [-0.39, 0.29) is 22.9 Å². The van der Waals surface area contributed by atoms with Gasteiger partial charge in [-0.1, -0.05) is 0 Å². The SMILES string of the molecule is COc1ccc([N+](=O)[O-])cc1Oc1nccc(C)c1C#N. The minimum absolute atomic E-state index is 0.0799. The van der Waals surface area contributed by atoms with Gasteiger partial charge in [-0.05, 0) is 24.6 Å². The number of aryl methyl sites for hydroxylation is 1. The van der Waals surface area contributed by atoms with Crippen molar-refractivity contribution in [1.82, 2.24) is 4.98 Å². The fraction of sp³-hybridized carbons (Fsp3) is 0.143. The Balaban J connectivity index is 2.48. The topological polar surface area (TPSA) is 98.3 Å². The van der Waals surface area contributed by atoms with Gasteiger partial charge in [-0.3, -0.25) is 10.1 Å². The van der Waals surface area contributed by atoms with Crippen LogP contribution in [0.2, 0.25) is 0 Å². The first kappa shape index (κ1) is 14.3. The number of non-ortho nitro benzene ring substituents is 1. The highest BCUT2D eigenvalue weighted by Crippen LogP contribution is 2.35. The van der Waals surface area contributed by atoms with Gasteiger partial charge in [0.2, 0.25) is 5.88 Å². The molecule has 0 radical (unpaired) electrons. The van der Waals surface area contributed by atoms with Crippen LogP contribution in [0.5, 0.6) is 17.4 Å². The van der Waals surface area contributed by atoms with Crippen molar-refractivity contribution in [3.8, 4) is 23.4 Å². The lowest BCUT2D eigenvalue weighted by Gasteiger charge is -2.10. The normalized spacial score (nSPS) is 9.76. The number of nitriles is 1. The first-order valence-corrected chi connectivity index (χ1v) is 5.92. The second kappa shape index (κ2) is 5.88. The van der Waals surface area contributed by atoms with Gasteiger partial charge in [0.1, 0.15) is 11.6 Å². The van der Waals surface area contributed by atoms with E-state index in [1.54, 1.807) is 13.0 Å². The van der Waals surface area contributed by atoms with Crippen LogP contribution in [-0.4, -0.2) is 17.0 Å². The molecule has 1 aromatic heterocycles. The maximum atomic E-state index is 10.8. The Morgan fingerprint density at radius 2 is 2.10 bits per heavy atom. The van der Waals surface area contributed by atoms with E-state index >= 15 is 0 Å². The summed E-state index contributed by atoms with van der Waals surface area (Å²) in [5.74, 6) is 0.519. The van der Waals surface area contributed by atoms with Crippen LogP contribution in [0, 0.1) is 28.4 Å². The summed E-state index contributed by atoms with van der Waals surface area (Å²) in [5, 5.41) is 20.0. The predicted molar refractivity (Wildman–Crippen MR) is 73.4 cm³/mol. The lowest BCUT2D eigenvalue weighted by atomic mass is 10.2. The smallest absolute Gasteiger partial charge is 0.273 e. The molecule has 0 aliphatic rings. The molecule has 2 rings (SSSR count). The fourth-order valence-corrected chi connectivity index (χ4v) is 1.71. The number of hydrogen-bond acceptors (Lipinski definition) is 6. The largest absolute Gasteiger partial charge is 0.493 e. The third-order valence-electron chi connectivity index (χ3n) is 2.80. The molecule has 0 spiro atoms. The highest BCUT2D eigenvalue weighted by atomic mass is 16.6. The molecule has 0 atom stereocenters. The summed E-state index contributed by atoms with van der Waals surface area (Å²) in [6, 6.07) is 7.63. The maximum absolute atomic E-state index is 10.8. The standard InChI is InChI=1S/C14H11N3O4/c1-9-5-6-16-14(11(9)8-15)21-13-7-10(17(18)19)3-4-12(13)20-2/h3-7H,1-2H3.